The number of rotatable bonds is 3. The summed E-state index contributed by atoms with van der Waals surface area (Å²) in [6.45, 7) is 0. The van der Waals surface area contributed by atoms with E-state index in [1.807, 2.05) is 0 Å². The van der Waals surface area contributed by atoms with E-state index >= 15 is 0 Å². The minimum Gasteiger partial charge on any atom is -0.345 e. The molecule has 0 bridgehead atoms. The summed E-state index contributed by atoms with van der Waals surface area (Å²) in [5, 5.41) is 0. The van der Waals surface area contributed by atoms with Gasteiger partial charge in [-0.15, -0.1) is 0 Å². The van der Waals surface area contributed by atoms with Gasteiger partial charge in [-0.05, 0) is 52.5 Å². The number of amides is 2. The van der Waals surface area contributed by atoms with Gasteiger partial charge in [-0.1, -0.05) is 18.6 Å². The molecule has 0 unspecified atom stereocenters. The number of benzene rings is 1. The van der Waals surface area contributed by atoms with Crippen molar-refractivity contribution in [2.75, 3.05) is 0 Å². The number of hydrazine groups is 1. The van der Waals surface area contributed by atoms with Gasteiger partial charge in [0.25, 0.3) is 5.91 Å². The number of hydrogen-bond donors (Lipinski definition) is 2. The van der Waals surface area contributed by atoms with Crippen LogP contribution in [-0.4, -0.2) is 16.4 Å². The highest BCUT2D eigenvalue weighted by Gasteiger charge is 2.46. The SMILES string of the molecule is Cn1cc(Br)cc1C(=O)NNC(=O)C1(c2cccc(F)c2)CCC1. The molecule has 0 aliphatic heterocycles. The maximum Gasteiger partial charge on any atom is 0.286 e. The molecule has 1 aromatic carbocycles. The summed E-state index contributed by atoms with van der Waals surface area (Å²) in [6.07, 6.45) is 3.90. The summed E-state index contributed by atoms with van der Waals surface area (Å²) in [4.78, 5) is 24.8. The summed E-state index contributed by atoms with van der Waals surface area (Å²) in [5.41, 5.74) is 5.21. The van der Waals surface area contributed by atoms with Gasteiger partial charge in [-0.2, -0.15) is 0 Å². The van der Waals surface area contributed by atoms with Gasteiger partial charge in [0.05, 0.1) is 5.41 Å². The molecule has 126 valence electrons. The Labute approximate surface area is 147 Å². The highest BCUT2D eigenvalue weighted by Crippen LogP contribution is 2.44. The number of nitrogens with one attached hydrogen (secondary N) is 2. The second-order valence-corrected chi connectivity index (χ2v) is 6.92. The van der Waals surface area contributed by atoms with E-state index in [0.717, 1.165) is 10.9 Å². The summed E-state index contributed by atoms with van der Waals surface area (Å²) < 4.78 is 15.9. The van der Waals surface area contributed by atoms with Crippen molar-refractivity contribution in [3.05, 3.63) is 58.1 Å². The van der Waals surface area contributed by atoms with Gasteiger partial charge in [0, 0.05) is 17.7 Å². The third-order valence-electron chi connectivity index (χ3n) is 4.51. The lowest BCUT2D eigenvalue weighted by Crippen LogP contribution is -2.54. The van der Waals surface area contributed by atoms with Crippen molar-refractivity contribution >= 4 is 27.7 Å². The van der Waals surface area contributed by atoms with E-state index in [-0.39, 0.29) is 11.7 Å². The fourth-order valence-corrected chi connectivity index (χ4v) is 3.53. The number of hydrogen-bond acceptors (Lipinski definition) is 2. The van der Waals surface area contributed by atoms with Gasteiger partial charge >= 0.3 is 0 Å². The highest BCUT2D eigenvalue weighted by molar-refractivity contribution is 9.10. The van der Waals surface area contributed by atoms with Gasteiger partial charge in [-0.25, -0.2) is 4.39 Å². The number of aryl methyl sites for hydroxylation is 1. The van der Waals surface area contributed by atoms with Crippen LogP contribution in [0, 0.1) is 5.82 Å². The average molecular weight is 394 g/mol. The van der Waals surface area contributed by atoms with Crippen molar-refractivity contribution in [1.82, 2.24) is 15.4 Å². The molecule has 2 N–H and O–H groups in total. The van der Waals surface area contributed by atoms with Crippen LogP contribution in [0.25, 0.3) is 0 Å². The molecule has 1 fully saturated rings. The van der Waals surface area contributed by atoms with Crippen LogP contribution in [0.5, 0.6) is 0 Å². The molecule has 1 heterocycles. The third kappa shape index (κ3) is 2.96. The van der Waals surface area contributed by atoms with E-state index in [1.54, 1.807) is 36.0 Å². The van der Waals surface area contributed by atoms with Crippen molar-refractivity contribution in [2.24, 2.45) is 7.05 Å². The zero-order chi connectivity index (χ0) is 17.3. The van der Waals surface area contributed by atoms with Gasteiger partial charge in [0.15, 0.2) is 0 Å². The molecule has 1 aliphatic rings. The lowest BCUT2D eigenvalue weighted by atomic mass is 9.64. The van der Waals surface area contributed by atoms with Crippen LogP contribution >= 0.6 is 15.9 Å². The Hall–Kier alpha value is -2.15. The molecule has 2 aromatic rings. The quantitative estimate of drug-likeness (QED) is 0.787. The summed E-state index contributed by atoms with van der Waals surface area (Å²) >= 11 is 3.30. The van der Waals surface area contributed by atoms with E-state index in [0.29, 0.717) is 24.1 Å². The van der Waals surface area contributed by atoms with Crippen molar-refractivity contribution < 1.29 is 14.0 Å². The molecule has 7 heteroatoms. The molecular weight excluding hydrogens is 377 g/mol. The summed E-state index contributed by atoms with van der Waals surface area (Å²) in [6, 6.07) is 7.74. The fourth-order valence-electron chi connectivity index (χ4n) is 3.01. The molecule has 0 spiro atoms. The maximum absolute atomic E-state index is 13.5. The second-order valence-electron chi connectivity index (χ2n) is 6.01. The van der Waals surface area contributed by atoms with E-state index < -0.39 is 11.3 Å². The average Bonchev–Trinajstić information content (AvgIpc) is 2.82. The largest absolute Gasteiger partial charge is 0.345 e. The zero-order valence-corrected chi connectivity index (χ0v) is 14.7. The zero-order valence-electron chi connectivity index (χ0n) is 13.1. The number of carbonyl (C=O) groups is 2. The Morgan fingerprint density at radius 3 is 2.54 bits per heavy atom. The monoisotopic (exact) mass is 393 g/mol. The van der Waals surface area contributed by atoms with Crippen molar-refractivity contribution in [1.29, 1.82) is 0 Å². The minimum atomic E-state index is -0.774. The van der Waals surface area contributed by atoms with Crippen molar-refractivity contribution in [3.63, 3.8) is 0 Å². The van der Waals surface area contributed by atoms with Crippen LogP contribution in [-0.2, 0) is 17.3 Å². The van der Waals surface area contributed by atoms with E-state index in [9.17, 15) is 14.0 Å². The first-order valence-electron chi connectivity index (χ1n) is 7.61. The highest BCUT2D eigenvalue weighted by atomic mass is 79.9. The van der Waals surface area contributed by atoms with Crippen LogP contribution in [0.3, 0.4) is 0 Å². The lowest BCUT2D eigenvalue weighted by Gasteiger charge is -2.40. The molecule has 0 atom stereocenters. The summed E-state index contributed by atoms with van der Waals surface area (Å²) in [7, 11) is 1.74. The van der Waals surface area contributed by atoms with Crippen LogP contribution in [0.1, 0.15) is 35.3 Å². The first-order valence-corrected chi connectivity index (χ1v) is 8.40. The Balaban J connectivity index is 1.72. The number of carbonyl (C=O) groups excluding carboxylic acids is 2. The molecule has 3 rings (SSSR count). The molecule has 24 heavy (non-hydrogen) atoms. The van der Waals surface area contributed by atoms with Gasteiger partial charge in [0.2, 0.25) is 5.91 Å². The lowest BCUT2D eigenvalue weighted by molar-refractivity contribution is -0.130. The van der Waals surface area contributed by atoms with Crippen LogP contribution in [0.2, 0.25) is 0 Å². The Morgan fingerprint density at radius 1 is 1.25 bits per heavy atom. The van der Waals surface area contributed by atoms with Crippen LogP contribution in [0.15, 0.2) is 41.0 Å². The molecule has 0 radical (unpaired) electrons. The van der Waals surface area contributed by atoms with Crippen molar-refractivity contribution in [2.45, 2.75) is 24.7 Å². The predicted octanol–water partition coefficient (Wildman–Crippen LogP) is 2.81. The summed E-state index contributed by atoms with van der Waals surface area (Å²) in [5.74, 6) is -1.10. The number of nitrogens with zero attached hydrogens (tertiary/aromatic N) is 1. The fraction of sp³-hybridized carbons (Fsp3) is 0.294. The van der Waals surface area contributed by atoms with Crippen molar-refractivity contribution in [3.8, 4) is 0 Å². The Morgan fingerprint density at radius 2 is 2.00 bits per heavy atom. The molecule has 1 saturated carbocycles. The molecule has 2 amide bonds. The van der Waals surface area contributed by atoms with E-state index in [1.165, 1.54) is 12.1 Å². The number of halogens is 2. The molecule has 1 aromatic heterocycles. The van der Waals surface area contributed by atoms with Crippen LogP contribution in [0.4, 0.5) is 4.39 Å². The Kier molecular flexibility index (Phi) is 4.45. The van der Waals surface area contributed by atoms with E-state index in [4.69, 9.17) is 0 Å². The third-order valence-corrected chi connectivity index (χ3v) is 4.95. The minimum absolute atomic E-state index is 0.319. The van der Waals surface area contributed by atoms with Crippen LogP contribution < -0.4 is 10.9 Å². The molecule has 0 saturated heterocycles. The van der Waals surface area contributed by atoms with Gasteiger partial charge < -0.3 is 4.57 Å². The normalized spacial score (nSPS) is 15.5. The molecule has 1 aliphatic carbocycles. The van der Waals surface area contributed by atoms with E-state index in [2.05, 4.69) is 26.8 Å². The second kappa shape index (κ2) is 6.39. The topological polar surface area (TPSA) is 63.1 Å². The molecular formula is C17H17BrFN3O2. The van der Waals surface area contributed by atoms with Gasteiger partial charge in [-0.3, -0.25) is 20.4 Å². The molecule has 5 nitrogen and oxygen atoms in total. The smallest absolute Gasteiger partial charge is 0.286 e. The maximum atomic E-state index is 13.5. The standard InChI is InChI=1S/C17H17BrFN3O2/c1-22-10-12(18)9-14(22)15(23)20-21-16(24)17(6-3-7-17)11-4-2-5-13(19)8-11/h2,4-5,8-10H,3,6-7H2,1H3,(H,20,23)(H,21,24). The number of aromatic nitrogens is 1. The Bertz CT molecular complexity index is 799. The van der Waals surface area contributed by atoms with Gasteiger partial charge in [0.1, 0.15) is 11.5 Å². The predicted molar refractivity (Wildman–Crippen MR) is 90.7 cm³/mol. The first-order chi connectivity index (χ1) is 11.4. The first kappa shape index (κ1) is 16.7.